The molecule has 0 radical (unpaired) electrons. The number of benzene rings is 1. The van der Waals surface area contributed by atoms with Gasteiger partial charge in [0.25, 0.3) is 0 Å². The summed E-state index contributed by atoms with van der Waals surface area (Å²) < 4.78 is 26.7. The van der Waals surface area contributed by atoms with Crippen molar-refractivity contribution in [1.29, 1.82) is 0 Å². The number of aryl methyl sites for hydroxylation is 2. The number of imidazole rings is 1. The Hall–Kier alpha value is -2.09. The third-order valence-corrected chi connectivity index (χ3v) is 6.79. The summed E-state index contributed by atoms with van der Waals surface area (Å²) in [5.74, 6) is 0.106. The maximum Gasteiger partial charge on any atom is 0.328 e. The molecule has 0 bridgehead atoms. The first-order chi connectivity index (χ1) is 12.3. The third-order valence-electron chi connectivity index (χ3n) is 5.04. The summed E-state index contributed by atoms with van der Waals surface area (Å²) >= 11 is 0. The average molecular weight is 379 g/mol. The van der Waals surface area contributed by atoms with Gasteiger partial charge in [0.1, 0.15) is 0 Å². The van der Waals surface area contributed by atoms with Gasteiger partial charge in [-0.15, -0.1) is 0 Å². The minimum Gasteiger partial charge on any atom is -0.339 e. The number of rotatable bonds is 6. The van der Waals surface area contributed by atoms with Gasteiger partial charge in [0.15, 0.2) is 9.84 Å². The van der Waals surface area contributed by atoms with Crippen LogP contribution in [-0.2, 0) is 28.2 Å². The van der Waals surface area contributed by atoms with Gasteiger partial charge in [-0.2, -0.15) is 0 Å². The highest BCUT2D eigenvalue weighted by atomic mass is 32.2. The lowest BCUT2D eigenvalue weighted by molar-refractivity contribution is -0.133. The molecule has 0 saturated carbocycles. The second-order valence-corrected chi connectivity index (χ2v) is 9.10. The largest absolute Gasteiger partial charge is 0.339 e. The smallest absolute Gasteiger partial charge is 0.328 e. The first kappa shape index (κ1) is 18.7. The third kappa shape index (κ3) is 3.56. The normalized spacial score (nSPS) is 19.1. The van der Waals surface area contributed by atoms with Gasteiger partial charge in [-0.05, 0) is 25.0 Å². The minimum absolute atomic E-state index is 0.0486. The lowest BCUT2D eigenvalue weighted by Gasteiger charge is -2.28. The number of amides is 1. The number of sulfone groups is 1. The van der Waals surface area contributed by atoms with Crippen LogP contribution in [0.3, 0.4) is 0 Å². The van der Waals surface area contributed by atoms with Crippen LogP contribution in [0.25, 0.3) is 11.0 Å². The Labute approximate surface area is 153 Å². The zero-order chi connectivity index (χ0) is 18.9. The van der Waals surface area contributed by atoms with E-state index in [1.54, 1.807) is 21.1 Å². The first-order valence-electron chi connectivity index (χ1n) is 8.98. The van der Waals surface area contributed by atoms with Gasteiger partial charge in [0.05, 0.1) is 22.5 Å². The highest BCUT2D eigenvalue weighted by molar-refractivity contribution is 7.91. The number of carbonyl (C=O) groups is 1. The Morgan fingerprint density at radius 3 is 2.58 bits per heavy atom. The molecule has 2 heterocycles. The Balaban J connectivity index is 1.77. The molecule has 0 spiro atoms. The molecule has 1 aromatic carbocycles. The molecular formula is C18H25N3O4S. The first-order valence-corrected chi connectivity index (χ1v) is 10.8. The monoisotopic (exact) mass is 379 g/mol. The summed E-state index contributed by atoms with van der Waals surface area (Å²) in [7, 11) is -1.33. The molecular weight excluding hydrogens is 354 g/mol. The van der Waals surface area contributed by atoms with Gasteiger partial charge in [-0.25, -0.2) is 13.2 Å². The van der Waals surface area contributed by atoms with Crippen molar-refractivity contribution in [2.24, 2.45) is 7.05 Å². The van der Waals surface area contributed by atoms with E-state index in [4.69, 9.17) is 0 Å². The quantitative estimate of drug-likeness (QED) is 0.754. The van der Waals surface area contributed by atoms with Crippen molar-refractivity contribution in [1.82, 2.24) is 14.0 Å². The lowest BCUT2D eigenvalue weighted by Crippen LogP contribution is -2.42. The molecule has 1 amide bonds. The average Bonchev–Trinajstić information content (AvgIpc) is 3.09. The molecule has 1 unspecified atom stereocenters. The molecule has 8 heteroatoms. The summed E-state index contributed by atoms with van der Waals surface area (Å²) in [6, 6.07) is 7.25. The number of aromatic nitrogens is 2. The van der Waals surface area contributed by atoms with Crippen LogP contribution in [0.5, 0.6) is 0 Å². The van der Waals surface area contributed by atoms with E-state index in [2.05, 4.69) is 0 Å². The van der Waals surface area contributed by atoms with Crippen LogP contribution >= 0.6 is 0 Å². The van der Waals surface area contributed by atoms with Gasteiger partial charge in [-0.3, -0.25) is 13.9 Å². The van der Waals surface area contributed by atoms with Crippen LogP contribution < -0.4 is 5.69 Å². The Bertz CT molecular complexity index is 974. The summed E-state index contributed by atoms with van der Waals surface area (Å²) in [4.78, 5) is 26.9. The van der Waals surface area contributed by atoms with Crippen molar-refractivity contribution < 1.29 is 13.2 Å². The molecule has 1 aliphatic heterocycles. The van der Waals surface area contributed by atoms with Crippen LogP contribution in [0.4, 0.5) is 0 Å². The molecule has 1 fully saturated rings. The van der Waals surface area contributed by atoms with E-state index in [0.29, 0.717) is 19.5 Å². The van der Waals surface area contributed by atoms with E-state index in [9.17, 15) is 18.0 Å². The van der Waals surface area contributed by atoms with Crippen molar-refractivity contribution in [3.05, 3.63) is 34.7 Å². The number of para-hydroxylation sites is 2. The second-order valence-electron chi connectivity index (χ2n) is 6.88. The number of nitrogens with zero attached hydrogens (tertiary/aromatic N) is 3. The zero-order valence-electron chi connectivity index (χ0n) is 15.2. The van der Waals surface area contributed by atoms with Gasteiger partial charge in [-0.1, -0.05) is 19.1 Å². The fourth-order valence-electron chi connectivity index (χ4n) is 3.70. The summed E-state index contributed by atoms with van der Waals surface area (Å²) in [6.07, 6.45) is 1.46. The standard InChI is InChI=1S/C18H25N3O4S/c1-3-10-20(14-9-12-26(24,25)13-14)17(22)8-11-21-16-7-5-4-6-15(16)19(2)18(21)23/h4-7,14H,3,8-13H2,1-2H3. The predicted octanol–water partition coefficient (Wildman–Crippen LogP) is 1.16. The molecule has 1 atom stereocenters. The molecule has 2 aromatic rings. The van der Waals surface area contributed by atoms with Crippen molar-refractivity contribution in [2.45, 2.75) is 38.8 Å². The van der Waals surface area contributed by atoms with E-state index >= 15 is 0 Å². The van der Waals surface area contributed by atoms with Gasteiger partial charge in [0, 0.05) is 32.6 Å². The molecule has 1 aliphatic rings. The molecule has 1 saturated heterocycles. The maximum atomic E-state index is 12.8. The SMILES string of the molecule is CCCN(C(=O)CCn1c(=O)n(C)c2ccccc21)C1CCS(=O)(=O)C1. The van der Waals surface area contributed by atoms with E-state index in [0.717, 1.165) is 17.5 Å². The lowest BCUT2D eigenvalue weighted by atomic mass is 10.2. The van der Waals surface area contributed by atoms with E-state index in [-0.39, 0.29) is 35.6 Å². The highest BCUT2D eigenvalue weighted by Crippen LogP contribution is 2.19. The van der Waals surface area contributed by atoms with Crippen molar-refractivity contribution in [3.63, 3.8) is 0 Å². The van der Waals surface area contributed by atoms with Crippen LogP contribution in [0.15, 0.2) is 29.1 Å². The highest BCUT2D eigenvalue weighted by Gasteiger charge is 2.34. The Morgan fingerprint density at radius 1 is 1.27 bits per heavy atom. The van der Waals surface area contributed by atoms with E-state index < -0.39 is 9.84 Å². The van der Waals surface area contributed by atoms with E-state index in [1.807, 2.05) is 31.2 Å². The van der Waals surface area contributed by atoms with Gasteiger partial charge in [0.2, 0.25) is 5.91 Å². The minimum atomic E-state index is -3.04. The van der Waals surface area contributed by atoms with Crippen LogP contribution in [0.1, 0.15) is 26.2 Å². The van der Waals surface area contributed by atoms with Gasteiger partial charge >= 0.3 is 5.69 Å². The molecule has 3 rings (SSSR count). The second kappa shape index (κ2) is 7.26. The Morgan fingerprint density at radius 2 is 1.96 bits per heavy atom. The fourth-order valence-corrected chi connectivity index (χ4v) is 5.43. The molecule has 1 aromatic heterocycles. The summed E-state index contributed by atoms with van der Waals surface area (Å²) in [5.41, 5.74) is 1.49. The fraction of sp³-hybridized carbons (Fsp3) is 0.556. The van der Waals surface area contributed by atoms with Crippen LogP contribution in [0.2, 0.25) is 0 Å². The van der Waals surface area contributed by atoms with Crippen LogP contribution in [0, 0.1) is 0 Å². The van der Waals surface area contributed by atoms with E-state index in [1.165, 1.54) is 0 Å². The van der Waals surface area contributed by atoms with Crippen molar-refractivity contribution >= 4 is 26.8 Å². The molecule has 0 N–H and O–H groups in total. The Kier molecular flexibility index (Phi) is 5.22. The molecule has 26 heavy (non-hydrogen) atoms. The number of hydrogen-bond acceptors (Lipinski definition) is 4. The molecule has 142 valence electrons. The number of carbonyl (C=O) groups excluding carboxylic acids is 1. The number of fused-ring (bicyclic) bond motifs is 1. The van der Waals surface area contributed by atoms with Crippen molar-refractivity contribution in [2.75, 3.05) is 18.1 Å². The zero-order valence-corrected chi connectivity index (χ0v) is 16.0. The maximum absolute atomic E-state index is 12.8. The van der Waals surface area contributed by atoms with Crippen LogP contribution in [-0.4, -0.2) is 52.5 Å². The van der Waals surface area contributed by atoms with Gasteiger partial charge < -0.3 is 4.90 Å². The topological polar surface area (TPSA) is 81.4 Å². The molecule has 7 nitrogen and oxygen atoms in total. The summed E-state index contributed by atoms with van der Waals surface area (Å²) in [6.45, 7) is 2.81. The number of hydrogen-bond donors (Lipinski definition) is 0. The summed E-state index contributed by atoms with van der Waals surface area (Å²) in [5, 5.41) is 0. The predicted molar refractivity (Wildman–Crippen MR) is 101 cm³/mol. The van der Waals surface area contributed by atoms with Crippen molar-refractivity contribution in [3.8, 4) is 0 Å². The molecule has 0 aliphatic carbocycles.